The average molecular weight is 231 g/mol. The van der Waals surface area contributed by atoms with Gasteiger partial charge in [0, 0.05) is 5.56 Å². The molecule has 1 aromatic carbocycles. The molecule has 1 N–H and O–H groups in total. The van der Waals surface area contributed by atoms with Crippen molar-refractivity contribution in [2.75, 3.05) is 6.54 Å². The van der Waals surface area contributed by atoms with Crippen molar-refractivity contribution in [1.82, 2.24) is 15.5 Å². The summed E-state index contributed by atoms with van der Waals surface area (Å²) >= 11 is 0. The first-order chi connectivity index (χ1) is 8.22. The molecule has 1 heterocycles. The highest BCUT2D eigenvalue weighted by atomic mass is 16.4. The Morgan fingerprint density at radius 3 is 2.82 bits per heavy atom. The van der Waals surface area contributed by atoms with E-state index in [1.54, 1.807) is 0 Å². The molecular weight excluding hydrogens is 214 g/mol. The molecule has 0 aliphatic rings. The van der Waals surface area contributed by atoms with E-state index >= 15 is 0 Å². The van der Waals surface area contributed by atoms with Crippen molar-refractivity contribution in [2.24, 2.45) is 0 Å². The lowest BCUT2D eigenvalue weighted by Gasteiger charge is -2.03. The van der Waals surface area contributed by atoms with Crippen molar-refractivity contribution in [1.29, 1.82) is 0 Å². The maximum absolute atomic E-state index is 5.62. The Bertz CT molecular complexity index is 505. The molecule has 0 fully saturated rings. The van der Waals surface area contributed by atoms with Crippen LogP contribution in [0.1, 0.15) is 23.9 Å². The molecule has 0 radical (unpaired) electrons. The number of nitrogens with zero attached hydrogens (tertiary/aromatic N) is 2. The molecule has 0 saturated heterocycles. The second-order valence-electron chi connectivity index (χ2n) is 4.03. The van der Waals surface area contributed by atoms with Crippen LogP contribution in [-0.2, 0) is 6.54 Å². The minimum Gasteiger partial charge on any atom is -0.419 e. The number of benzene rings is 1. The van der Waals surface area contributed by atoms with Crippen LogP contribution in [0, 0.1) is 13.8 Å². The van der Waals surface area contributed by atoms with Crippen LogP contribution in [0.3, 0.4) is 0 Å². The molecule has 2 aromatic rings. The van der Waals surface area contributed by atoms with E-state index in [-0.39, 0.29) is 0 Å². The van der Waals surface area contributed by atoms with Gasteiger partial charge in [-0.3, -0.25) is 0 Å². The van der Waals surface area contributed by atoms with Gasteiger partial charge < -0.3 is 9.73 Å². The lowest BCUT2D eigenvalue weighted by atomic mass is 10.0. The largest absolute Gasteiger partial charge is 0.419 e. The van der Waals surface area contributed by atoms with Gasteiger partial charge in [-0.15, -0.1) is 10.2 Å². The van der Waals surface area contributed by atoms with Crippen LogP contribution < -0.4 is 5.32 Å². The molecule has 0 spiro atoms. The zero-order valence-electron chi connectivity index (χ0n) is 10.4. The fourth-order valence-corrected chi connectivity index (χ4v) is 1.65. The predicted molar refractivity (Wildman–Crippen MR) is 66.6 cm³/mol. The van der Waals surface area contributed by atoms with Crippen molar-refractivity contribution < 1.29 is 4.42 Å². The monoisotopic (exact) mass is 231 g/mol. The normalized spacial score (nSPS) is 10.8. The third kappa shape index (κ3) is 2.53. The number of aromatic nitrogens is 2. The topological polar surface area (TPSA) is 51.0 Å². The van der Waals surface area contributed by atoms with E-state index in [4.69, 9.17) is 4.42 Å². The molecular formula is C13H17N3O. The van der Waals surface area contributed by atoms with Crippen LogP contribution in [0.25, 0.3) is 11.5 Å². The van der Waals surface area contributed by atoms with Gasteiger partial charge in [0.05, 0.1) is 6.54 Å². The van der Waals surface area contributed by atoms with Gasteiger partial charge in [0.25, 0.3) is 0 Å². The molecule has 1 aromatic heterocycles. The molecule has 17 heavy (non-hydrogen) atoms. The van der Waals surface area contributed by atoms with Gasteiger partial charge >= 0.3 is 0 Å². The summed E-state index contributed by atoms with van der Waals surface area (Å²) in [5.74, 6) is 1.22. The van der Waals surface area contributed by atoms with Crippen LogP contribution >= 0.6 is 0 Å². The zero-order valence-corrected chi connectivity index (χ0v) is 10.4. The molecule has 0 unspecified atom stereocenters. The standard InChI is InChI=1S/C13H17N3O/c1-4-14-8-12-15-16-13(17-12)11-7-5-6-9(2)10(11)3/h5-7,14H,4,8H2,1-3H3. The molecule has 0 saturated carbocycles. The van der Waals surface area contributed by atoms with E-state index in [2.05, 4.69) is 35.4 Å². The summed E-state index contributed by atoms with van der Waals surface area (Å²) < 4.78 is 5.62. The smallest absolute Gasteiger partial charge is 0.248 e. The molecule has 0 amide bonds. The van der Waals surface area contributed by atoms with E-state index in [9.17, 15) is 0 Å². The van der Waals surface area contributed by atoms with Crippen LogP contribution in [0.2, 0.25) is 0 Å². The fourth-order valence-electron chi connectivity index (χ4n) is 1.65. The Kier molecular flexibility index (Phi) is 3.54. The third-order valence-corrected chi connectivity index (χ3v) is 2.83. The first-order valence-electron chi connectivity index (χ1n) is 5.82. The van der Waals surface area contributed by atoms with Gasteiger partial charge in [0.2, 0.25) is 11.8 Å². The predicted octanol–water partition coefficient (Wildman–Crippen LogP) is 2.46. The summed E-state index contributed by atoms with van der Waals surface area (Å²) in [6.07, 6.45) is 0. The van der Waals surface area contributed by atoms with Gasteiger partial charge in [0.1, 0.15) is 0 Å². The molecule has 4 nitrogen and oxygen atoms in total. The van der Waals surface area contributed by atoms with Crippen molar-refractivity contribution in [2.45, 2.75) is 27.3 Å². The first-order valence-corrected chi connectivity index (χ1v) is 5.82. The lowest BCUT2D eigenvalue weighted by molar-refractivity contribution is 0.482. The van der Waals surface area contributed by atoms with Gasteiger partial charge in [-0.25, -0.2) is 0 Å². The molecule has 0 atom stereocenters. The number of hydrogen-bond acceptors (Lipinski definition) is 4. The molecule has 2 rings (SSSR count). The van der Waals surface area contributed by atoms with Gasteiger partial charge in [-0.05, 0) is 37.6 Å². The van der Waals surface area contributed by atoms with Gasteiger partial charge in [-0.2, -0.15) is 0 Å². The van der Waals surface area contributed by atoms with Crippen molar-refractivity contribution in [3.05, 3.63) is 35.2 Å². The summed E-state index contributed by atoms with van der Waals surface area (Å²) in [5.41, 5.74) is 3.43. The van der Waals surface area contributed by atoms with Gasteiger partial charge in [0.15, 0.2) is 0 Å². The summed E-state index contributed by atoms with van der Waals surface area (Å²) in [4.78, 5) is 0. The molecule has 4 heteroatoms. The fraction of sp³-hybridized carbons (Fsp3) is 0.385. The number of hydrogen-bond donors (Lipinski definition) is 1. The van der Waals surface area contributed by atoms with E-state index in [0.717, 1.165) is 12.1 Å². The average Bonchev–Trinajstić information content (AvgIpc) is 2.78. The quantitative estimate of drug-likeness (QED) is 0.878. The maximum Gasteiger partial charge on any atom is 0.248 e. The van der Waals surface area contributed by atoms with E-state index in [0.29, 0.717) is 18.3 Å². The number of rotatable bonds is 4. The van der Waals surface area contributed by atoms with Crippen molar-refractivity contribution in [3.63, 3.8) is 0 Å². The Hall–Kier alpha value is -1.68. The minimum absolute atomic E-state index is 0.596. The summed E-state index contributed by atoms with van der Waals surface area (Å²) in [6, 6.07) is 6.09. The Morgan fingerprint density at radius 1 is 1.24 bits per heavy atom. The number of nitrogens with one attached hydrogen (secondary N) is 1. The van der Waals surface area contributed by atoms with E-state index in [1.165, 1.54) is 11.1 Å². The van der Waals surface area contributed by atoms with Crippen LogP contribution in [-0.4, -0.2) is 16.7 Å². The first kappa shape index (κ1) is 11.8. The van der Waals surface area contributed by atoms with E-state index < -0.39 is 0 Å². The highest BCUT2D eigenvalue weighted by Gasteiger charge is 2.11. The van der Waals surface area contributed by atoms with Crippen LogP contribution in [0.5, 0.6) is 0 Å². The highest BCUT2D eigenvalue weighted by molar-refractivity contribution is 5.59. The molecule has 0 aliphatic heterocycles. The van der Waals surface area contributed by atoms with Crippen LogP contribution in [0.4, 0.5) is 0 Å². The lowest BCUT2D eigenvalue weighted by Crippen LogP contribution is -2.11. The van der Waals surface area contributed by atoms with Crippen LogP contribution in [0.15, 0.2) is 22.6 Å². The van der Waals surface area contributed by atoms with Crippen molar-refractivity contribution >= 4 is 0 Å². The Morgan fingerprint density at radius 2 is 2.06 bits per heavy atom. The molecule has 0 aliphatic carbocycles. The van der Waals surface area contributed by atoms with E-state index in [1.807, 2.05) is 19.1 Å². The SMILES string of the molecule is CCNCc1nnc(-c2cccc(C)c2C)o1. The van der Waals surface area contributed by atoms with Gasteiger partial charge in [-0.1, -0.05) is 19.1 Å². The second kappa shape index (κ2) is 5.10. The third-order valence-electron chi connectivity index (χ3n) is 2.83. The summed E-state index contributed by atoms with van der Waals surface area (Å²) in [5, 5.41) is 11.3. The summed E-state index contributed by atoms with van der Waals surface area (Å²) in [6.45, 7) is 7.70. The highest BCUT2D eigenvalue weighted by Crippen LogP contribution is 2.23. The maximum atomic E-state index is 5.62. The number of aryl methyl sites for hydroxylation is 1. The summed E-state index contributed by atoms with van der Waals surface area (Å²) in [7, 11) is 0. The Balaban J connectivity index is 2.27. The Labute approximate surface area is 101 Å². The molecule has 90 valence electrons. The minimum atomic E-state index is 0.596. The zero-order chi connectivity index (χ0) is 12.3. The molecule has 0 bridgehead atoms. The second-order valence-corrected chi connectivity index (χ2v) is 4.03. The van der Waals surface area contributed by atoms with Crippen molar-refractivity contribution in [3.8, 4) is 11.5 Å².